The van der Waals surface area contributed by atoms with Crippen molar-refractivity contribution in [1.29, 1.82) is 0 Å². The van der Waals surface area contributed by atoms with E-state index in [9.17, 15) is 0 Å². The predicted molar refractivity (Wildman–Crippen MR) is 113 cm³/mol. The summed E-state index contributed by atoms with van der Waals surface area (Å²) in [6, 6.07) is 25.1. The minimum absolute atomic E-state index is 0.564. The second-order valence-corrected chi connectivity index (χ2v) is 6.63. The molecule has 140 valence electrons. The number of methoxy groups -OCH3 is 2. The highest BCUT2D eigenvalue weighted by molar-refractivity contribution is 5.77. The summed E-state index contributed by atoms with van der Waals surface area (Å²) < 4.78 is 10.6. The lowest BCUT2D eigenvalue weighted by atomic mass is 9.98. The lowest BCUT2D eigenvalue weighted by Gasteiger charge is -2.26. The molecular formula is C24H27NO2. The van der Waals surface area contributed by atoms with E-state index in [1.54, 1.807) is 14.2 Å². The van der Waals surface area contributed by atoms with E-state index in [0.717, 1.165) is 35.0 Å². The van der Waals surface area contributed by atoms with Gasteiger partial charge in [0.15, 0.2) is 0 Å². The minimum Gasteiger partial charge on any atom is -0.497 e. The molecule has 3 aromatic rings. The van der Waals surface area contributed by atoms with Crippen LogP contribution in [0, 0.1) is 0 Å². The smallest absolute Gasteiger partial charge is 0.119 e. The summed E-state index contributed by atoms with van der Waals surface area (Å²) in [5.41, 5.74) is 4.65. The van der Waals surface area contributed by atoms with E-state index in [4.69, 9.17) is 9.47 Å². The third-order valence-electron chi connectivity index (χ3n) is 4.99. The molecule has 3 nitrogen and oxygen atoms in total. The van der Waals surface area contributed by atoms with Gasteiger partial charge in [0, 0.05) is 17.1 Å². The number of ether oxygens (including phenoxy) is 2. The molecule has 0 aliphatic rings. The maximum Gasteiger partial charge on any atom is 0.119 e. The number of anilines is 3. The zero-order valence-electron chi connectivity index (χ0n) is 16.5. The van der Waals surface area contributed by atoms with Crippen molar-refractivity contribution < 1.29 is 9.47 Å². The highest BCUT2D eigenvalue weighted by Crippen LogP contribution is 2.36. The van der Waals surface area contributed by atoms with Crippen LogP contribution >= 0.6 is 0 Å². The lowest BCUT2D eigenvalue weighted by Crippen LogP contribution is -2.10. The van der Waals surface area contributed by atoms with Gasteiger partial charge in [0.1, 0.15) is 11.5 Å². The second kappa shape index (κ2) is 8.63. The molecule has 0 N–H and O–H groups in total. The van der Waals surface area contributed by atoms with Crippen molar-refractivity contribution in [3.8, 4) is 11.5 Å². The molecule has 0 radical (unpaired) electrons. The standard InChI is InChI=1S/C24H27NO2/c1-5-18(2)19-6-8-20(9-7-19)25(21-10-14-23(26-3)15-11-21)22-12-16-24(27-4)17-13-22/h6-18H,5H2,1-4H3. The van der Waals surface area contributed by atoms with Crippen molar-refractivity contribution in [1.82, 2.24) is 0 Å². The molecule has 0 bridgehead atoms. The summed E-state index contributed by atoms with van der Waals surface area (Å²) in [7, 11) is 3.37. The Hall–Kier alpha value is -2.94. The van der Waals surface area contributed by atoms with Crippen molar-refractivity contribution in [3.63, 3.8) is 0 Å². The normalized spacial score (nSPS) is 11.7. The summed E-state index contributed by atoms with van der Waals surface area (Å²) in [6.07, 6.45) is 1.14. The molecule has 0 aliphatic carbocycles. The average Bonchev–Trinajstić information content (AvgIpc) is 2.75. The number of benzene rings is 3. The molecule has 0 amide bonds. The lowest BCUT2D eigenvalue weighted by molar-refractivity contribution is 0.415. The second-order valence-electron chi connectivity index (χ2n) is 6.63. The minimum atomic E-state index is 0.564. The van der Waals surface area contributed by atoms with Gasteiger partial charge in [-0.2, -0.15) is 0 Å². The Morgan fingerprint density at radius 1 is 0.667 bits per heavy atom. The van der Waals surface area contributed by atoms with E-state index in [0.29, 0.717) is 5.92 Å². The van der Waals surface area contributed by atoms with Crippen LogP contribution in [0.4, 0.5) is 17.1 Å². The maximum atomic E-state index is 5.31. The van der Waals surface area contributed by atoms with Gasteiger partial charge in [-0.25, -0.2) is 0 Å². The van der Waals surface area contributed by atoms with Crippen LogP contribution in [0.2, 0.25) is 0 Å². The van der Waals surface area contributed by atoms with Gasteiger partial charge < -0.3 is 14.4 Å². The molecule has 0 spiro atoms. The molecule has 3 heteroatoms. The van der Waals surface area contributed by atoms with Crippen molar-refractivity contribution in [2.75, 3.05) is 19.1 Å². The van der Waals surface area contributed by atoms with Crippen LogP contribution in [0.1, 0.15) is 31.7 Å². The largest absolute Gasteiger partial charge is 0.497 e. The van der Waals surface area contributed by atoms with Crippen LogP contribution in [-0.2, 0) is 0 Å². The van der Waals surface area contributed by atoms with Crippen molar-refractivity contribution in [3.05, 3.63) is 78.4 Å². The zero-order chi connectivity index (χ0) is 19.2. The molecule has 0 aliphatic heterocycles. The first-order valence-electron chi connectivity index (χ1n) is 9.34. The van der Waals surface area contributed by atoms with E-state index in [2.05, 4.69) is 67.3 Å². The Bertz CT molecular complexity index is 792. The molecule has 0 heterocycles. The molecule has 0 saturated heterocycles. The Morgan fingerprint density at radius 3 is 1.37 bits per heavy atom. The van der Waals surface area contributed by atoms with Crippen LogP contribution in [0.25, 0.3) is 0 Å². The predicted octanol–water partition coefficient (Wildman–Crippen LogP) is 6.69. The van der Waals surface area contributed by atoms with Gasteiger partial charge in [-0.3, -0.25) is 0 Å². The molecular weight excluding hydrogens is 334 g/mol. The molecule has 1 atom stereocenters. The summed E-state index contributed by atoms with van der Waals surface area (Å²) in [5.74, 6) is 2.26. The molecule has 27 heavy (non-hydrogen) atoms. The fraction of sp³-hybridized carbons (Fsp3) is 0.250. The first-order chi connectivity index (χ1) is 13.2. The molecule has 0 saturated carbocycles. The topological polar surface area (TPSA) is 21.7 Å². The highest BCUT2D eigenvalue weighted by atomic mass is 16.5. The van der Waals surface area contributed by atoms with E-state index >= 15 is 0 Å². The zero-order valence-corrected chi connectivity index (χ0v) is 16.5. The van der Waals surface area contributed by atoms with Gasteiger partial charge in [-0.05, 0) is 78.6 Å². The first kappa shape index (κ1) is 18.8. The van der Waals surface area contributed by atoms with Gasteiger partial charge in [0.2, 0.25) is 0 Å². The SMILES string of the molecule is CCC(C)c1ccc(N(c2ccc(OC)cc2)c2ccc(OC)cc2)cc1. The van der Waals surface area contributed by atoms with Crippen molar-refractivity contribution >= 4 is 17.1 Å². The van der Waals surface area contributed by atoms with E-state index in [1.165, 1.54) is 5.56 Å². The highest BCUT2D eigenvalue weighted by Gasteiger charge is 2.13. The number of hydrogen-bond acceptors (Lipinski definition) is 3. The Kier molecular flexibility index (Phi) is 6.02. The maximum absolute atomic E-state index is 5.31. The molecule has 3 aromatic carbocycles. The van der Waals surface area contributed by atoms with Gasteiger partial charge in [-0.1, -0.05) is 26.0 Å². The van der Waals surface area contributed by atoms with Crippen LogP contribution in [0.15, 0.2) is 72.8 Å². The Labute approximate surface area is 162 Å². The van der Waals surface area contributed by atoms with Crippen LogP contribution in [-0.4, -0.2) is 14.2 Å². The molecule has 1 unspecified atom stereocenters. The average molecular weight is 361 g/mol. The fourth-order valence-corrected chi connectivity index (χ4v) is 3.10. The molecule has 0 aromatic heterocycles. The number of nitrogens with zero attached hydrogens (tertiary/aromatic N) is 1. The van der Waals surface area contributed by atoms with Gasteiger partial charge in [0.25, 0.3) is 0 Å². The summed E-state index contributed by atoms with van der Waals surface area (Å²) in [6.45, 7) is 4.49. The van der Waals surface area contributed by atoms with E-state index in [1.807, 2.05) is 24.3 Å². The van der Waals surface area contributed by atoms with E-state index < -0.39 is 0 Å². The number of rotatable bonds is 7. The molecule has 3 rings (SSSR count). The number of hydrogen-bond donors (Lipinski definition) is 0. The Balaban J connectivity index is 2.02. The van der Waals surface area contributed by atoms with Crippen molar-refractivity contribution in [2.24, 2.45) is 0 Å². The van der Waals surface area contributed by atoms with E-state index in [-0.39, 0.29) is 0 Å². The molecule has 0 fully saturated rings. The quantitative estimate of drug-likeness (QED) is 0.468. The van der Waals surface area contributed by atoms with Crippen LogP contribution in [0.3, 0.4) is 0 Å². The third-order valence-corrected chi connectivity index (χ3v) is 4.99. The Morgan fingerprint density at radius 2 is 1.04 bits per heavy atom. The van der Waals surface area contributed by atoms with Crippen molar-refractivity contribution in [2.45, 2.75) is 26.2 Å². The summed E-state index contributed by atoms with van der Waals surface area (Å²) in [4.78, 5) is 2.24. The first-order valence-corrected chi connectivity index (χ1v) is 9.34. The van der Waals surface area contributed by atoms with Gasteiger partial charge in [0.05, 0.1) is 14.2 Å². The summed E-state index contributed by atoms with van der Waals surface area (Å²) in [5, 5.41) is 0. The van der Waals surface area contributed by atoms with Gasteiger partial charge in [-0.15, -0.1) is 0 Å². The summed E-state index contributed by atoms with van der Waals surface area (Å²) >= 11 is 0. The monoisotopic (exact) mass is 361 g/mol. The third kappa shape index (κ3) is 4.25. The van der Waals surface area contributed by atoms with Crippen LogP contribution in [0.5, 0.6) is 11.5 Å². The fourth-order valence-electron chi connectivity index (χ4n) is 3.10. The van der Waals surface area contributed by atoms with Gasteiger partial charge >= 0.3 is 0 Å². The van der Waals surface area contributed by atoms with Crippen LogP contribution < -0.4 is 14.4 Å².